The van der Waals surface area contributed by atoms with Gasteiger partial charge in [0.2, 0.25) is 0 Å². The molecule has 0 unspecified atom stereocenters. The van der Waals surface area contributed by atoms with Crippen LogP contribution in [0, 0.1) is 0 Å². The van der Waals surface area contributed by atoms with Crippen LogP contribution in [0.1, 0.15) is 28.1 Å². The number of benzene rings is 2. The van der Waals surface area contributed by atoms with Gasteiger partial charge in [-0.05, 0) is 46.6 Å². The molecule has 0 saturated carbocycles. The number of carbonyl (C=O) groups excluding carboxylic acids is 1. The number of fused-ring (bicyclic) bond motifs is 1. The number of aromatic hydroxyl groups is 1. The molecule has 0 bridgehead atoms. The van der Waals surface area contributed by atoms with Gasteiger partial charge in [0.1, 0.15) is 16.4 Å². The van der Waals surface area contributed by atoms with Gasteiger partial charge in [-0.3, -0.25) is 9.45 Å². The lowest BCUT2D eigenvalue weighted by Crippen LogP contribution is -2.12. The van der Waals surface area contributed by atoms with Crippen molar-refractivity contribution in [1.82, 2.24) is 0 Å². The topological polar surface area (TPSA) is 134 Å². The second-order valence-corrected chi connectivity index (χ2v) is 11.0. The minimum atomic E-state index is -5.83. The van der Waals surface area contributed by atoms with Crippen molar-refractivity contribution in [1.29, 1.82) is 0 Å². The van der Waals surface area contributed by atoms with Crippen LogP contribution in [-0.2, 0) is 15.1 Å². The standard InChI is InChI=1S/C13H11BrF5O5PS.C7H5ClO3/c14-9-7-4-6(20)5-8(24-3-1-2-12(15,16)17)10(7)26-11(9)13(18,19)25(21,22)23;8-6-3-1-2-5(4-6)7(9)11-10/h4-5,20H,1-3H2,(H2,21,22,23);1-4,10H. The van der Waals surface area contributed by atoms with E-state index >= 15 is 0 Å². The van der Waals surface area contributed by atoms with E-state index in [0.717, 1.165) is 12.1 Å². The molecule has 0 amide bonds. The molecule has 1 aromatic heterocycles. The van der Waals surface area contributed by atoms with E-state index in [2.05, 4.69) is 20.8 Å². The first-order chi connectivity index (χ1) is 17.0. The highest BCUT2D eigenvalue weighted by Crippen LogP contribution is 2.63. The normalized spacial score (nSPS) is 12.2. The second-order valence-electron chi connectivity index (χ2n) is 7.11. The minimum Gasteiger partial charge on any atom is -0.508 e. The number of halogens is 7. The van der Waals surface area contributed by atoms with Crippen molar-refractivity contribution in [3.05, 3.63) is 56.3 Å². The van der Waals surface area contributed by atoms with E-state index in [0.29, 0.717) is 16.4 Å². The van der Waals surface area contributed by atoms with Crippen molar-refractivity contribution in [2.75, 3.05) is 6.61 Å². The number of rotatable bonds is 7. The zero-order valence-electron chi connectivity index (χ0n) is 18.0. The summed E-state index contributed by atoms with van der Waals surface area (Å²) in [6.45, 7) is -0.391. The van der Waals surface area contributed by atoms with Crippen LogP contribution in [0.4, 0.5) is 22.0 Å². The number of hydrogen-bond acceptors (Lipinski definition) is 7. The number of ether oxygens (including phenoxy) is 1. The monoisotopic (exact) mass is 656 g/mol. The Hall–Kier alpha value is -2.00. The summed E-state index contributed by atoms with van der Waals surface area (Å²) in [4.78, 5) is 30.9. The molecule has 0 aliphatic rings. The Kier molecular flexibility index (Phi) is 10.3. The predicted octanol–water partition coefficient (Wildman–Crippen LogP) is 7.29. The van der Waals surface area contributed by atoms with Gasteiger partial charge in [-0.2, -0.15) is 27.2 Å². The summed E-state index contributed by atoms with van der Waals surface area (Å²) in [6.07, 6.45) is -5.87. The smallest absolute Gasteiger partial charge is 0.400 e. The lowest BCUT2D eigenvalue weighted by molar-refractivity contribution is -0.182. The van der Waals surface area contributed by atoms with Gasteiger partial charge >= 0.3 is 25.4 Å². The molecule has 0 fully saturated rings. The van der Waals surface area contributed by atoms with Gasteiger partial charge in [-0.25, -0.2) is 4.79 Å². The Morgan fingerprint density at radius 1 is 1.14 bits per heavy atom. The van der Waals surface area contributed by atoms with E-state index in [1.165, 1.54) is 12.1 Å². The molecule has 2 aromatic carbocycles. The Bertz CT molecular complexity index is 1310. The number of phenols is 1. The maximum absolute atomic E-state index is 14.0. The maximum Gasteiger partial charge on any atom is 0.400 e. The molecule has 8 nitrogen and oxygen atoms in total. The molecule has 204 valence electrons. The van der Waals surface area contributed by atoms with Gasteiger partial charge in [-0.1, -0.05) is 17.7 Å². The fourth-order valence-corrected chi connectivity index (χ4v) is 5.85. The Morgan fingerprint density at radius 2 is 1.78 bits per heavy atom. The van der Waals surface area contributed by atoms with Gasteiger partial charge < -0.3 is 19.6 Å². The van der Waals surface area contributed by atoms with Gasteiger partial charge in [-0.15, -0.1) is 11.3 Å². The summed E-state index contributed by atoms with van der Waals surface area (Å²) in [5, 5.41) is 18.1. The van der Waals surface area contributed by atoms with Crippen LogP contribution in [0.2, 0.25) is 5.02 Å². The third kappa shape index (κ3) is 8.24. The molecule has 0 aliphatic heterocycles. The molecule has 3 rings (SSSR count). The third-order valence-electron chi connectivity index (χ3n) is 4.32. The van der Waals surface area contributed by atoms with Crippen LogP contribution in [0.15, 0.2) is 40.9 Å². The van der Waals surface area contributed by atoms with Crippen LogP contribution in [0.5, 0.6) is 11.5 Å². The van der Waals surface area contributed by atoms with Crippen LogP contribution < -0.4 is 4.74 Å². The third-order valence-corrected chi connectivity index (χ3v) is 8.04. The number of hydrogen-bond donors (Lipinski definition) is 4. The summed E-state index contributed by atoms with van der Waals surface area (Å²) in [7, 11) is -5.83. The molecule has 0 saturated heterocycles. The van der Waals surface area contributed by atoms with Crippen molar-refractivity contribution in [2.24, 2.45) is 0 Å². The Balaban J connectivity index is 0.000000364. The van der Waals surface area contributed by atoms with Crippen LogP contribution >= 0.6 is 46.5 Å². The summed E-state index contributed by atoms with van der Waals surface area (Å²) in [5.74, 6) is -1.39. The molecule has 3 aromatic rings. The lowest BCUT2D eigenvalue weighted by atomic mass is 10.2. The van der Waals surface area contributed by atoms with Gasteiger partial charge in [0.25, 0.3) is 0 Å². The number of thiophene rings is 1. The lowest BCUT2D eigenvalue weighted by Gasteiger charge is -2.16. The van der Waals surface area contributed by atoms with Crippen molar-refractivity contribution in [3.63, 3.8) is 0 Å². The molecular weight excluding hydrogens is 642 g/mol. The summed E-state index contributed by atoms with van der Waals surface area (Å²) in [6, 6.07) is 8.20. The largest absolute Gasteiger partial charge is 0.508 e. The predicted molar refractivity (Wildman–Crippen MR) is 127 cm³/mol. The number of carbonyl (C=O) groups is 1. The summed E-state index contributed by atoms with van der Waals surface area (Å²) < 4.78 is 80.4. The summed E-state index contributed by atoms with van der Waals surface area (Å²) in [5.41, 5.74) is -4.27. The Morgan fingerprint density at radius 3 is 2.32 bits per heavy atom. The zero-order valence-corrected chi connectivity index (χ0v) is 22.1. The first kappa shape index (κ1) is 31.2. The van der Waals surface area contributed by atoms with E-state index < -0.39 is 55.5 Å². The van der Waals surface area contributed by atoms with E-state index in [9.17, 15) is 36.4 Å². The molecule has 17 heteroatoms. The highest BCUT2D eigenvalue weighted by molar-refractivity contribution is 9.10. The van der Waals surface area contributed by atoms with Crippen molar-refractivity contribution < 1.29 is 61.1 Å². The van der Waals surface area contributed by atoms with Crippen molar-refractivity contribution in [3.8, 4) is 11.5 Å². The van der Waals surface area contributed by atoms with E-state index in [-0.39, 0.29) is 25.9 Å². The quantitative estimate of drug-likeness (QED) is 0.0685. The van der Waals surface area contributed by atoms with Crippen molar-refractivity contribution >= 4 is 62.5 Å². The number of phenolic OH excluding ortho intramolecular Hbond substituents is 1. The molecule has 4 N–H and O–H groups in total. The fourth-order valence-electron chi connectivity index (χ4n) is 2.68. The minimum absolute atomic E-state index is 0.00445. The first-order valence-corrected chi connectivity index (χ1v) is 13.3. The molecule has 0 radical (unpaired) electrons. The van der Waals surface area contributed by atoms with E-state index in [1.54, 1.807) is 12.1 Å². The molecule has 37 heavy (non-hydrogen) atoms. The zero-order chi connectivity index (χ0) is 28.2. The average molecular weight is 658 g/mol. The SMILES string of the molecule is O=C(OO)c1cccc(Cl)c1.O=P(O)(O)C(F)(F)c1sc2c(OCCCC(F)(F)F)cc(O)cc2c1Br. The van der Waals surface area contributed by atoms with Crippen LogP contribution in [-0.4, -0.2) is 38.9 Å². The fraction of sp³-hybridized carbons (Fsp3) is 0.250. The molecule has 0 spiro atoms. The van der Waals surface area contributed by atoms with Crippen LogP contribution in [0.3, 0.4) is 0 Å². The molecular formula is C20H16BrClF5O8PS. The maximum atomic E-state index is 14.0. The van der Waals surface area contributed by atoms with Crippen molar-refractivity contribution in [2.45, 2.75) is 24.7 Å². The van der Waals surface area contributed by atoms with Gasteiger partial charge in [0, 0.05) is 27.4 Å². The second kappa shape index (κ2) is 12.2. The Labute approximate surface area is 222 Å². The number of alkyl halides is 5. The summed E-state index contributed by atoms with van der Waals surface area (Å²) >= 11 is 8.69. The molecule has 0 atom stereocenters. The van der Waals surface area contributed by atoms with Gasteiger partial charge in [0.15, 0.2) is 0 Å². The molecule has 0 aliphatic carbocycles. The van der Waals surface area contributed by atoms with E-state index in [1.807, 2.05) is 0 Å². The average Bonchev–Trinajstić information content (AvgIpc) is 3.12. The highest BCUT2D eigenvalue weighted by Gasteiger charge is 2.53. The van der Waals surface area contributed by atoms with Gasteiger partial charge in [0.05, 0.1) is 16.9 Å². The van der Waals surface area contributed by atoms with Crippen LogP contribution in [0.25, 0.3) is 10.1 Å². The molecule has 1 heterocycles. The first-order valence-electron chi connectivity index (χ1n) is 9.67. The van der Waals surface area contributed by atoms with E-state index in [4.69, 9.17) is 31.4 Å². The highest BCUT2D eigenvalue weighted by atomic mass is 79.9.